The molecule has 3 aromatic rings. The standard InChI is InChI=1S/C21H25ClN6O/c1-29-14-5-2-4-13(17(14)22)18-19-20(27-26-18)25-16(12-24-19)28-10-8-21(9-11-28)7-3-6-15(21)23/h2,4-5,12,15H,3,6-11,23H2,1H3,(H,25,26,27)/t15-/m1/s1. The summed E-state index contributed by atoms with van der Waals surface area (Å²) in [7, 11) is 1.60. The molecule has 7 nitrogen and oxygen atoms in total. The van der Waals surface area contributed by atoms with Crippen molar-refractivity contribution in [3.63, 3.8) is 0 Å². The molecule has 1 aliphatic carbocycles. The number of fused-ring (bicyclic) bond motifs is 1. The van der Waals surface area contributed by atoms with Gasteiger partial charge in [0, 0.05) is 24.7 Å². The Balaban J connectivity index is 1.42. The number of piperidine rings is 1. The van der Waals surface area contributed by atoms with Crippen LogP contribution in [0, 0.1) is 5.41 Å². The number of rotatable bonds is 3. The number of hydrogen-bond acceptors (Lipinski definition) is 6. The zero-order chi connectivity index (χ0) is 20.0. The lowest BCUT2D eigenvalue weighted by Crippen LogP contribution is -2.47. The maximum absolute atomic E-state index is 6.49. The van der Waals surface area contributed by atoms with E-state index in [9.17, 15) is 0 Å². The fourth-order valence-corrected chi connectivity index (χ4v) is 5.25. The van der Waals surface area contributed by atoms with E-state index in [0.29, 0.717) is 33.4 Å². The van der Waals surface area contributed by atoms with Crippen molar-refractivity contribution in [1.29, 1.82) is 0 Å². The van der Waals surface area contributed by atoms with Crippen LogP contribution in [0.3, 0.4) is 0 Å². The van der Waals surface area contributed by atoms with Crippen LogP contribution < -0.4 is 15.4 Å². The number of H-pyrrole nitrogens is 1. The van der Waals surface area contributed by atoms with Gasteiger partial charge >= 0.3 is 0 Å². The summed E-state index contributed by atoms with van der Waals surface area (Å²) in [4.78, 5) is 11.7. The van der Waals surface area contributed by atoms with Crippen molar-refractivity contribution >= 4 is 28.6 Å². The summed E-state index contributed by atoms with van der Waals surface area (Å²) in [6, 6.07) is 5.99. The molecule has 0 amide bonds. The van der Waals surface area contributed by atoms with E-state index >= 15 is 0 Å². The fourth-order valence-electron chi connectivity index (χ4n) is 4.96. The van der Waals surface area contributed by atoms with Gasteiger partial charge < -0.3 is 15.4 Å². The Morgan fingerprint density at radius 1 is 1.28 bits per heavy atom. The summed E-state index contributed by atoms with van der Waals surface area (Å²) in [5, 5.41) is 7.96. The Morgan fingerprint density at radius 2 is 2.10 bits per heavy atom. The highest BCUT2D eigenvalue weighted by Crippen LogP contribution is 2.46. The Bertz CT molecular complexity index is 1040. The van der Waals surface area contributed by atoms with Gasteiger partial charge in [0.2, 0.25) is 5.65 Å². The molecule has 29 heavy (non-hydrogen) atoms. The van der Waals surface area contributed by atoms with Crippen molar-refractivity contribution in [3.05, 3.63) is 29.4 Å². The largest absolute Gasteiger partial charge is 0.495 e. The van der Waals surface area contributed by atoms with Crippen LogP contribution in [-0.4, -0.2) is 46.4 Å². The highest BCUT2D eigenvalue weighted by Gasteiger charge is 2.43. The minimum Gasteiger partial charge on any atom is -0.495 e. The number of nitrogens with zero attached hydrogens (tertiary/aromatic N) is 4. The van der Waals surface area contributed by atoms with E-state index in [2.05, 4.69) is 20.1 Å². The van der Waals surface area contributed by atoms with Crippen molar-refractivity contribution in [2.45, 2.75) is 38.1 Å². The molecule has 152 valence electrons. The summed E-state index contributed by atoms with van der Waals surface area (Å²) in [6.45, 7) is 1.93. The van der Waals surface area contributed by atoms with Gasteiger partial charge in [-0.25, -0.2) is 9.97 Å². The molecule has 1 saturated carbocycles. The third-order valence-electron chi connectivity index (χ3n) is 6.76. The predicted molar refractivity (Wildman–Crippen MR) is 114 cm³/mol. The minimum absolute atomic E-state index is 0.330. The molecule has 1 saturated heterocycles. The van der Waals surface area contributed by atoms with Gasteiger partial charge in [0.05, 0.1) is 24.0 Å². The third-order valence-corrected chi connectivity index (χ3v) is 7.15. The molecule has 1 atom stereocenters. The van der Waals surface area contributed by atoms with Crippen molar-refractivity contribution in [2.24, 2.45) is 11.1 Å². The number of methoxy groups -OCH3 is 1. The number of nitrogens with two attached hydrogens (primary N) is 1. The maximum atomic E-state index is 6.49. The highest BCUT2D eigenvalue weighted by molar-refractivity contribution is 6.35. The molecular weight excluding hydrogens is 388 g/mol. The van der Waals surface area contributed by atoms with E-state index in [0.717, 1.165) is 49.4 Å². The molecule has 2 fully saturated rings. The second kappa shape index (κ2) is 7.15. The van der Waals surface area contributed by atoms with Gasteiger partial charge in [0.25, 0.3) is 0 Å². The molecule has 2 aromatic heterocycles. The number of benzene rings is 1. The number of halogens is 1. The molecule has 8 heteroatoms. The minimum atomic E-state index is 0.330. The first-order valence-corrected chi connectivity index (χ1v) is 10.5. The Labute approximate surface area is 174 Å². The van der Waals surface area contributed by atoms with Gasteiger partial charge in [-0.05, 0) is 37.2 Å². The first-order valence-electron chi connectivity index (χ1n) is 10.2. The number of anilines is 1. The summed E-state index contributed by atoms with van der Waals surface area (Å²) in [6.07, 6.45) is 7.77. The van der Waals surface area contributed by atoms with E-state index < -0.39 is 0 Å². The molecule has 5 rings (SSSR count). The van der Waals surface area contributed by atoms with Crippen LogP contribution in [0.4, 0.5) is 5.82 Å². The average molecular weight is 413 g/mol. The van der Waals surface area contributed by atoms with E-state index in [1.54, 1.807) is 7.11 Å². The van der Waals surface area contributed by atoms with Crippen LogP contribution in [0.2, 0.25) is 5.02 Å². The normalized spacial score (nSPS) is 21.2. The van der Waals surface area contributed by atoms with Crippen molar-refractivity contribution in [1.82, 2.24) is 20.2 Å². The average Bonchev–Trinajstić information content (AvgIpc) is 3.32. The van der Waals surface area contributed by atoms with Gasteiger partial charge in [0.15, 0.2) is 0 Å². The Morgan fingerprint density at radius 3 is 2.83 bits per heavy atom. The van der Waals surface area contributed by atoms with E-state index in [1.165, 1.54) is 12.8 Å². The zero-order valence-electron chi connectivity index (χ0n) is 16.5. The second-order valence-electron chi connectivity index (χ2n) is 8.17. The van der Waals surface area contributed by atoms with Crippen LogP contribution in [0.5, 0.6) is 5.75 Å². The fraction of sp³-hybridized carbons (Fsp3) is 0.476. The molecule has 1 aromatic carbocycles. The van der Waals surface area contributed by atoms with Crippen LogP contribution >= 0.6 is 11.6 Å². The van der Waals surface area contributed by atoms with Crippen LogP contribution in [0.25, 0.3) is 22.4 Å². The molecule has 0 bridgehead atoms. The molecule has 0 radical (unpaired) electrons. The van der Waals surface area contributed by atoms with Gasteiger partial charge in [0.1, 0.15) is 17.1 Å². The van der Waals surface area contributed by atoms with Gasteiger partial charge in [-0.15, -0.1) is 0 Å². The zero-order valence-corrected chi connectivity index (χ0v) is 17.2. The monoisotopic (exact) mass is 412 g/mol. The lowest BCUT2D eigenvalue weighted by molar-refractivity contribution is 0.197. The summed E-state index contributed by atoms with van der Waals surface area (Å²) < 4.78 is 5.32. The van der Waals surface area contributed by atoms with Crippen molar-refractivity contribution in [3.8, 4) is 17.0 Å². The van der Waals surface area contributed by atoms with Crippen LogP contribution in [0.1, 0.15) is 32.1 Å². The smallest absolute Gasteiger partial charge is 0.202 e. The van der Waals surface area contributed by atoms with Gasteiger partial charge in [-0.2, -0.15) is 5.10 Å². The van der Waals surface area contributed by atoms with Crippen LogP contribution in [0.15, 0.2) is 24.4 Å². The van der Waals surface area contributed by atoms with Crippen LogP contribution in [-0.2, 0) is 0 Å². The number of aromatic amines is 1. The molecule has 2 aliphatic rings. The van der Waals surface area contributed by atoms with Gasteiger partial charge in [-0.3, -0.25) is 5.10 Å². The lowest BCUT2D eigenvalue weighted by atomic mass is 9.74. The summed E-state index contributed by atoms with van der Waals surface area (Å²) in [5.74, 6) is 1.48. The lowest BCUT2D eigenvalue weighted by Gasteiger charge is -2.42. The van der Waals surface area contributed by atoms with E-state index in [4.69, 9.17) is 27.1 Å². The van der Waals surface area contributed by atoms with E-state index in [1.807, 2.05) is 24.4 Å². The molecule has 3 heterocycles. The number of hydrogen-bond donors (Lipinski definition) is 2. The van der Waals surface area contributed by atoms with Crippen molar-refractivity contribution < 1.29 is 4.74 Å². The number of aromatic nitrogens is 4. The van der Waals surface area contributed by atoms with Crippen molar-refractivity contribution in [2.75, 3.05) is 25.1 Å². The molecule has 3 N–H and O–H groups in total. The summed E-state index contributed by atoms with van der Waals surface area (Å²) >= 11 is 6.49. The Kier molecular flexibility index (Phi) is 4.59. The maximum Gasteiger partial charge on any atom is 0.202 e. The third kappa shape index (κ3) is 3.04. The topological polar surface area (TPSA) is 93.0 Å². The predicted octanol–water partition coefficient (Wildman–Crippen LogP) is 3.78. The molecule has 1 spiro atoms. The first kappa shape index (κ1) is 18.6. The second-order valence-corrected chi connectivity index (χ2v) is 8.55. The Hall–Kier alpha value is -2.38. The molecular formula is C21H25ClN6O. The quantitative estimate of drug-likeness (QED) is 0.680. The number of nitrogens with one attached hydrogen (secondary N) is 1. The van der Waals surface area contributed by atoms with E-state index in [-0.39, 0.29) is 0 Å². The molecule has 0 unspecified atom stereocenters. The first-order chi connectivity index (χ1) is 14.1. The number of ether oxygens (including phenoxy) is 1. The highest BCUT2D eigenvalue weighted by atomic mass is 35.5. The van der Waals surface area contributed by atoms with Gasteiger partial charge in [-0.1, -0.05) is 30.2 Å². The summed E-state index contributed by atoms with van der Waals surface area (Å²) in [5.41, 5.74) is 9.58. The molecule has 1 aliphatic heterocycles. The SMILES string of the molecule is COc1cccc(-c2[nH]nc3nc(N4CCC5(CCC[C@H]5N)CC4)cnc23)c1Cl.